The summed E-state index contributed by atoms with van der Waals surface area (Å²) in [6.07, 6.45) is 0. The molecule has 1 fully saturated rings. The van der Waals surface area contributed by atoms with Crippen LogP contribution in [0.4, 0.5) is 8.78 Å². The molecule has 0 amide bonds. The van der Waals surface area contributed by atoms with Crippen molar-refractivity contribution in [1.29, 1.82) is 0 Å². The average molecular weight is 195 g/mol. The minimum Gasteiger partial charge on any atom is -0.481 e. The van der Waals surface area contributed by atoms with Gasteiger partial charge in [-0.05, 0) is 0 Å². The second kappa shape index (κ2) is 2.63. The van der Waals surface area contributed by atoms with E-state index in [1.807, 2.05) is 0 Å². The molecule has 0 radical (unpaired) electrons. The summed E-state index contributed by atoms with van der Waals surface area (Å²) in [6.45, 7) is 0. The van der Waals surface area contributed by atoms with Crippen molar-refractivity contribution in [3.05, 3.63) is 0 Å². The van der Waals surface area contributed by atoms with E-state index in [9.17, 15) is 18.4 Å². The first kappa shape index (κ1) is 9.85. The van der Waals surface area contributed by atoms with E-state index in [4.69, 9.17) is 15.9 Å². The maximum atomic E-state index is 12.6. The fourth-order valence-electron chi connectivity index (χ4n) is 1.27. The van der Waals surface area contributed by atoms with Crippen molar-refractivity contribution in [3.8, 4) is 0 Å². The third-order valence-electron chi connectivity index (χ3n) is 2.05. The summed E-state index contributed by atoms with van der Waals surface area (Å²) in [5, 5.41) is 16.5. The lowest BCUT2D eigenvalue weighted by atomic mass is 10.1. The van der Waals surface area contributed by atoms with Gasteiger partial charge in [-0.1, -0.05) is 0 Å². The minimum atomic E-state index is -3.50. The highest BCUT2D eigenvalue weighted by Crippen LogP contribution is 2.56. The van der Waals surface area contributed by atoms with E-state index in [1.165, 1.54) is 0 Å². The molecule has 0 aromatic rings. The molecule has 5 nitrogen and oxygen atoms in total. The fourth-order valence-corrected chi connectivity index (χ4v) is 1.27. The van der Waals surface area contributed by atoms with E-state index in [1.54, 1.807) is 0 Å². The van der Waals surface area contributed by atoms with Gasteiger partial charge in [0.05, 0.1) is 5.92 Å². The van der Waals surface area contributed by atoms with Crippen molar-refractivity contribution in [2.45, 2.75) is 12.0 Å². The first-order valence-corrected chi connectivity index (χ1v) is 3.39. The summed E-state index contributed by atoms with van der Waals surface area (Å²) in [6, 6.07) is -1.82. The van der Waals surface area contributed by atoms with Crippen LogP contribution in [-0.2, 0) is 9.59 Å². The van der Waals surface area contributed by atoms with Crippen molar-refractivity contribution in [1.82, 2.24) is 0 Å². The third-order valence-corrected chi connectivity index (χ3v) is 2.05. The molecule has 13 heavy (non-hydrogen) atoms. The Morgan fingerprint density at radius 2 is 1.85 bits per heavy atom. The smallest absolute Gasteiger partial charge is 0.321 e. The van der Waals surface area contributed by atoms with Crippen LogP contribution in [0.5, 0.6) is 0 Å². The zero-order valence-electron chi connectivity index (χ0n) is 6.28. The highest BCUT2D eigenvalue weighted by Gasteiger charge is 2.75. The molecule has 0 unspecified atom stereocenters. The summed E-state index contributed by atoms with van der Waals surface area (Å²) in [5.74, 6) is -10.6. The molecule has 1 aliphatic carbocycles. The molecule has 74 valence electrons. The van der Waals surface area contributed by atoms with Crippen LogP contribution in [-0.4, -0.2) is 34.1 Å². The SMILES string of the molecule is N[C@H](C(=O)O)[C@@H]1[C@H](C(=O)O)C1(F)F. The van der Waals surface area contributed by atoms with E-state index in [0.717, 1.165) is 0 Å². The Balaban J connectivity index is 2.76. The molecule has 0 heterocycles. The number of carboxylic acid groups (broad SMARTS) is 2. The Labute approximate surface area is 71.1 Å². The molecule has 7 heteroatoms. The van der Waals surface area contributed by atoms with Crippen LogP contribution in [0.15, 0.2) is 0 Å². The van der Waals surface area contributed by atoms with Gasteiger partial charge in [0.25, 0.3) is 5.92 Å². The summed E-state index contributed by atoms with van der Waals surface area (Å²) >= 11 is 0. The predicted octanol–water partition coefficient (Wildman–Crippen LogP) is -0.636. The van der Waals surface area contributed by atoms with Crippen LogP contribution in [0.3, 0.4) is 0 Å². The number of alkyl halides is 2. The van der Waals surface area contributed by atoms with Crippen LogP contribution in [0.2, 0.25) is 0 Å². The molecule has 4 N–H and O–H groups in total. The fraction of sp³-hybridized carbons (Fsp3) is 0.667. The van der Waals surface area contributed by atoms with Crippen molar-refractivity contribution in [2.75, 3.05) is 0 Å². The lowest BCUT2D eigenvalue weighted by molar-refractivity contribution is -0.141. The Morgan fingerprint density at radius 1 is 1.38 bits per heavy atom. The number of hydrogen-bond donors (Lipinski definition) is 3. The number of rotatable bonds is 3. The summed E-state index contributed by atoms with van der Waals surface area (Å²) in [7, 11) is 0. The van der Waals surface area contributed by atoms with Crippen LogP contribution < -0.4 is 5.73 Å². The summed E-state index contributed by atoms with van der Waals surface area (Å²) in [4.78, 5) is 20.4. The number of hydrogen-bond acceptors (Lipinski definition) is 3. The number of carbonyl (C=O) groups is 2. The molecular formula is C6H7F2NO4. The third kappa shape index (κ3) is 1.35. The molecule has 0 aliphatic heterocycles. The number of aliphatic carboxylic acids is 2. The number of nitrogens with two attached hydrogens (primary N) is 1. The van der Waals surface area contributed by atoms with E-state index >= 15 is 0 Å². The van der Waals surface area contributed by atoms with Gasteiger partial charge in [0.1, 0.15) is 12.0 Å². The predicted molar refractivity (Wildman–Crippen MR) is 35.2 cm³/mol. The van der Waals surface area contributed by atoms with Crippen molar-refractivity contribution < 1.29 is 28.6 Å². The second-order valence-electron chi connectivity index (χ2n) is 2.88. The average Bonchev–Trinajstić information content (AvgIpc) is 2.51. The van der Waals surface area contributed by atoms with Crippen LogP contribution in [0, 0.1) is 11.8 Å². The van der Waals surface area contributed by atoms with Gasteiger partial charge in [0.15, 0.2) is 0 Å². The minimum absolute atomic E-state index is 1.62. The van der Waals surface area contributed by atoms with Crippen LogP contribution >= 0.6 is 0 Å². The molecule has 1 aliphatic rings. The maximum Gasteiger partial charge on any atom is 0.321 e. The van der Waals surface area contributed by atoms with Crippen LogP contribution in [0.25, 0.3) is 0 Å². The molecule has 0 aromatic heterocycles. The standard InChI is InChI=1S/C6H7F2NO4/c7-6(8)1(2(6)4(10)11)3(9)5(12)13/h1-3H,9H2,(H,10,11)(H,12,13)/t1-,2+,3-/m0/s1. The zero-order chi connectivity index (χ0) is 10.4. The van der Waals surface area contributed by atoms with E-state index in [-0.39, 0.29) is 0 Å². The molecule has 0 spiro atoms. The normalized spacial score (nSPS) is 32.2. The highest BCUT2D eigenvalue weighted by molar-refractivity contribution is 5.81. The summed E-state index contributed by atoms with van der Waals surface area (Å²) < 4.78 is 25.2. The van der Waals surface area contributed by atoms with Gasteiger partial charge >= 0.3 is 11.9 Å². The van der Waals surface area contributed by atoms with Crippen molar-refractivity contribution in [2.24, 2.45) is 17.6 Å². The Kier molecular flexibility index (Phi) is 1.99. The molecule has 1 saturated carbocycles. The van der Waals surface area contributed by atoms with E-state index in [2.05, 4.69) is 0 Å². The Morgan fingerprint density at radius 3 is 2.08 bits per heavy atom. The molecule has 0 bridgehead atoms. The van der Waals surface area contributed by atoms with Crippen LogP contribution in [0.1, 0.15) is 0 Å². The summed E-state index contributed by atoms with van der Waals surface area (Å²) in [5.41, 5.74) is 4.88. The van der Waals surface area contributed by atoms with Gasteiger partial charge < -0.3 is 15.9 Å². The first-order chi connectivity index (χ1) is 5.80. The molecule has 0 saturated heterocycles. The monoisotopic (exact) mass is 195 g/mol. The van der Waals surface area contributed by atoms with Gasteiger partial charge in [0, 0.05) is 0 Å². The molecular weight excluding hydrogens is 188 g/mol. The Bertz CT molecular complexity index is 267. The van der Waals surface area contributed by atoms with E-state index in [0.29, 0.717) is 0 Å². The molecule has 1 rings (SSSR count). The molecule has 0 aromatic carbocycles. The van der Waals surface area contributed by atoms with Gasteiger partial charge in [-0.3, -0.25) is 9.59 Å². The largest absolute Gasteiger partial charge is 0.481 e. The van der Waals surface area contributed by atoms with Gasteiger partial charge in [0.2, 0.25) is 0 Å². The second-order valence-corrected chi connectivity index (χ2v) is 2.88. The van der Waals surface area contributed by atoms with Crippen molar-refractivity contribution >= 4 is 11.9 Å². The maximum absolute atomic E-state index is 12.6. The first-order valence-electron chi connectivity index (χ1n) is 3.39. The topological polar surface area (TPSA) is 101 Å². The van der Waals surface area contributed by atoms with Gasteiger partial charge in [-0.2, -0.15) is 0 Å². The zero-order valence-corrected chi connectivity index (χ0v) is 6.28. The quantitative estimate of drug-likeness (QED) is 0.556. The van der Waals surface area contributed by atoms with Gasteiger partial charge in [-0.25, -0.2) is 8.78 Å². The Hall–Kier alpha value is -1.24. The lowest BCUT2D eigenvalue weighted by Gasteiger charge is -2.02. The van der Waals surface area contributed by atoms with Crippen molar-refractivity contribution in [3.63, 3.8) is 0 Å². The van der Waals surface area contributed by atoms with Gasteiger partial charge in [-0.15, -0.1) is 0 Å². The molecule has 3 atom stereocenters. The number of halogens is 2. The highest BCUT2D eigenvalue weighted by atomic mass is 19.3. The van der Waals surface area contributed by atoms with E-state index < -0.39 is 35.7 Å². The lowest BCUT2D eigenvalue weighted by Crippen LogP contribution is -2.34. The number of carboxylic acids is 2.